The molecule has 18 heavy (non-hydrogen) atoms. The van der Waals surface area contributed by atoms with Crippen LogP contribution in [0.4, 0.5) is 17.6 Å². The van der Waals surface area contributed by atoms with Crippen molar-refractivity contribution >= 4 is 0 Å². The lowest BCUT2D eigenvalue weighted by molar-refractivity contribution is 0.0153. The van der Waals surface area contributed by atoms with E-state index in [0.717, 1.165) is 6.07 Å². The highest BCUT2D eigenvalue weighted by atomic mass is 19.3. The minimum atomic E-state index is -2.50. The molecule has 0 bridgehead atoms. The highest BCUT2D eigenvalue weighted by molar-refractivity contribution is 5.18. The molecule has 1 aromatic rings. The van der Waals surface area contributed by atoms with Gasteiger partial charge in [0.2, 0.25) is 0 Å². The summed E-state index contributed by atoms with van der Waals surface area (Å²) in [4.78, 5) is 0. The molecule has 2 nitrogen and oxygen atoms in total. The van der Waals surface area contributed by atoms with Crippen molar-refractivity contribution in [1.29, 1.82) is 0 Å². The molecule has 1 atom stereocenters. The van der Waals surface area contributed by atoms with E-state index in [4.69, 9.17) is 5.73 Å². The Kier molecular flexibility index (Phi) is 6.07. The van der Waals surface area contributed by atoms with Crippen molar-refractivity contribution < 1.29 is 22.3 Å². The summed E-state index contributed by atoms with van der Waals surface area (Å²) in [6, 6.07) is 2.79. The first-order valence-corrected chi connectivity index (χ1v) is 5.54. The summed E-state index contributed by atoms with van der Waals surface area (Å²) in [7, 11) is 0. The van der Waals surface area contributed by atoms with Crippen LogP contribution in [0.25, 0.3) is 0 Å². The minimum absolute atomic E-state index is 0.101. The third-order valence-electron chi connectivity index (χ3n) is 2.30. The van der Waals surface area contributed by atoms with E-state index < -0.39 is 24.7 Å². The molecule has 1 aromatic carbocycles. The van der Waals surface area contributed by atoms with Crippen molar-refractivity contribution in [3.8, 4) is 0 Å². The summed E-state index contributed by atoms with van der Waals surface area (Å²) in [5.74, 6) is -1.32. The Morgan fingerprint density at radius 3 is 2.28 bits per heavy atom. The zero-order valence-electron chi connectivity index (χ0n) is 9.71. The van der Waals surface area contributed by atoms with Gasteiger partial charge in [-0.15, -0.1) is 0 Å². The lowest BCUT2D eigenvalue weighted by Crippen LogP contribution is -2.25. The number of hydrogen-bond donors (Lipinski definition) is 1. The molecule has 0 heterocycles. The molecule has 102 valence electrons. The average molecular weight is 265 g/mol. The number of halogens is 4. The van der Waals surface area contributed by atoms with Crippen LogP contribution in [0.3, 0.4) is 0 Å². The van der Waals surface area contributed by atoms with Crippen molar-refractivity contribution in [2.75, 3.05) is 13.2 Å². The zero-order valence-corrected chi connectivity index (χ0v) is 9.71. The Labute approximate surface area is 103 Å². The van der Waals surface area contributed by atoms with Crippen LogP contribution in [0, 0.1) is 11.6 Å². The van der Waals surface area contributed by atoms with E-state index in [-0.39, 0.29) is 19.1 Å². The molecule has 0 aliphatic carbocycles. The molecule has 1 rings (SSSR count). The molecule has 0 radical (unpaired) electrons. The first-order chi connectivity index (χ1) is 8.47. The fraction of sp³-hybridized carbons (Fsp3) is 0.500. The molecule has 0 aliphatic heterocycles. The van der Waals surface area contributed by atoms with Crippen LogP contribution in [0.1, 0.15) is 12.0 Å². The molecule has 0 aromatic heterocycles. The van der Waals surface area contributed by atoms with Gasteiger partial charge in [-0.2, -0.15) is 0 Å². The predicted octanol–water partition coefficient (Wildman–Crippen LogP) is 2.51. The fourth-order valence-corrected chi connectivity index (χ4v) is 1.54. The van der Waals surface area contributed by atoms with E-state index in [1.165, 1.54) is 12.1 Å². The normalized spacial score (nSPS) is 13.0. The van der Waals surface area contributed by atoms with Gasteiger partial charge in [0.05, 0.1) is 0 Å². The van der Waals surface area contributed by atoms with E-state index in [2.05, 4.69) is 4.74 Å². The summed E-state index contributed by atoms with van der Waals surface area (Å²) in [5.41, 5.74) is 6.15. The van der Waals surface area contributed by atoms with Crippen LogP contribution in [-0.4, -0.2) is 25.7 Å². The van der Waals surface area contributed by atoms with Crippen LogP contribution in [0.5, 0.6) is 0 Å². The standard InChI is InChI=1S/C12H15F4NO/c13-9-3-8(4-10(14)6-9)5-11(17)1-2-18-7-12(15)16/h3-4,6,11-12H,1-2,5,7,17H2. The maximum Gasteiger partial charge on any atom is 0.261 e. The molecule has 0 fully saturated rings. The number of benzene rings is 1. The van der Waals surface area contributed by atoms with Gasteiger partial charge in [-0.1, -0.05) is 0 Å². The Morgan fingerprint density at radius 2 is 1.72 bits per heavy atom. The quantitative estimate of drug-likeness (QED) is 0.607. The average Bonchev–Trinajstić information content (AvgIpc) is 2.22. The predicted molar refractivity (Wildman–Crippen MR) is 59.5 cm³/mol. The Hall–Kier alpha value is -1.14. The first-order valence-electron chi connectivity index (χ1n) is 5.54. The summed E-state index contributed by atoms with van der Waals surface area (Å²) >= 11 is 0. The van der Waals surface area contributed by atoms with E-state index in [1.54, 1.807) is 0 Å². The molecule has 1 unspecified atom stereocenters. The topological polar surface area (TPSA) is 35.2 Å². The van der Waals surface area contributed by atoms with E-state index in [9.17, 15) is 17.6 Å². The lowest BCUT2D eigenvalue weighted by Gasteiger charge is -2.12. The molecule has 2 N–H and O–H groups in total. The number of rotatable bonds is 7. The maximum atomic E-state index is 12.9. The van der Waals surface area contributed by atoms with Gasteiger partial charge in [0.1, 0.15) is 18.2 Å². The van der Waals surface area contributed by atoms with Gasteiger partial charge in [-0.05, 0) is 30.5 Å². The van der Waals surface area contributed by atoms with Gasteiger partial charge < -0.3 is 10.5 Å². The maximum absolute atomic E-state index is 12.9. The number of nitrogens with two attached hydrogens (primary N) is 1. The first kappa shape index (κ1) is 14.9. The molecule has 0 amide bonds. The molecular weight excluding hydrogens is 250 g/mol. The van der Waals surface area contributed by atoms with Crippen molar-refractivity contribution in [3.63, 3.8) is 0 Å². The number of ether oxygens (including phenoxy) is 1. The van der Waals surface area contributed by atoms with Crippen molar-refractivity contribution in [2.24, 2.45) is 5.73 Å². The summed E-state index contributed by atoms with van der Waals surface area (Å²) in [5, 5.41) is 0. The van der Waals surface area contributed by atoms with Crippen molar-refractivity contribution in [2.45, 2.75) is 25.3 Å². The third-order valence-corrected chi connectivity index (χ3v) is 2.30. The van der Waals surface area contributed by atoms with E-state index in [0.29, 0.717) is 12.0 Å². The SMILES string of the molecule is NC(CCOCC(F)F)Cc1cc(F)cc(F)c1. The molecule has 6 heteroatoms. The second-order valence-electron chi connectivity index (χ2n) is 4.00. The second-order valence-corrected chi connectivity index (χ2v) is 4.00. The summed E-state index contributed by atoms with van der Waals surface area (Å²) in [6.45, 7) is -0.523. The molecule has 0 saturated carbocycles. The third kappa shape index (κ3) is 5.97. The van der Waals surface area contributed by atoms with Crippen molar-refractivity contribution in [3.05, 3.63) is 35.4 Å². The molecular formula is C12H15F4NO. The number of hydrogen-bond acceptors (Lipinski definition) is 2. The van der Waals surface area contributed by atoms with Gasteiger partial charge in [0.15, 0.2) is 0 Å². The Morgan fingerprint density at radius 1 is 1.11 bits per heavy atom. The van der Waals surface area contributed by atoms with E-state index in [1.807, 2.05) is 0 Å². The summed E-state index contributed by atoms with van der Waals surface area (Å²) < 4.78 is 54.0. The van der Waals surface area contributed by atoms with Crippen LogP contribution in [0.15, 0.2) is 18.2 Å². The highest BCUT2D eigenvalue weighted by Gasteiger charge is 2.08. The van der Waals surface area contributed by atoms with Crippen LogP contribution in [-0.2, 0) is 11.2 Å². The van der Waals surface area contributed by atoms with Gasteiger partial charge >= 0.3 is 0 Å². The molecule has 0 spiro atoms. The second kappa shape index (κ2) is 7.33. The molecule has 0 aliphatic rings. The Bertz CT molecular complexity index is 353. The Balaban J connectivity index is 2.33. The van der Waals surface area contributed by atoms with Gasteiger partial charge in [-0.25, -0.2) is 17.6 Å². The van der Waals surface area contributed by atoms with Crippen LogP contribution < -0.4 is 5.73 Å². The monoisotopic (exact) mass is 265 g/mol. The minimum Gasteiger partial charge on any atom is -0.375 e. The van der Waals surface area contributed by atoms with Gasteiger partial charge in [0.25, 0.3) is 6.43 Å². The highest BCUT2D eigenvalue weighted by Crippen LogP contribution is 2.10. The zero-order chi connectivity index (χ0) is 13.5. The fourth-order valence-electron chi connectivity index (χ4n) is 1.54. The molecule has 0 saturated heterocycles. The van der Waals surface area contributed by atoms with Crippen molar-refractivity contribution in [1.82, 2.24) is 0 Å². The van der Waals surface area contributed by atoms with Gasteiger partial charge in [0, 0.05) is 18.7 Å². The van der Waals surface area contributed by atoms with Crippen LogP contribution >= 0.6 is 0 Å². The lowest BCUT2D eigenvalue weighted by atomic mass is 10.0. The van der Waals surface area contributed by atoms with Gasteiger partial charge in [-0.3, -0.25) is 0 Å². The summed E-state index contributed by atoms with van der Waals surface area (Å²) in [6.07, 6.45) is -1.88. The number of alkyl halides is 2. The van der Waals surface area contributed by atoms with E-state index >= 15 is 0 Å². The van der Waals surface area contributed by atoms with Crippen LogP contribution in [0.2, 0.25) is 0 Å². The smallest absolute Gasteiger partial charge is 0.261 e. The largest absolute Gasteiger partial charge is 0.375 e.